The minimum absolute atomic E-state index is 0.102. The van der Waals surface area contributed by atoms with Crippen molar-refractivity contribution in [2.24, 2.45) is 23.7 Å². The molecule has 0 amide bonds. The van der Waals surface area contributed by atoms with Gasteiger partial charge in [-0.05, 0) is 160 Å². The fraction of sp³-hybridized carbons (Fsp3) is 0.250. The van der Waals surface area contributed by atoms with Crippen LogP contribution in [0.15, 0.2) is 152 Å². The molecule has 7 aromatic carbocycles. The molecule has 2 heterocycles. The molecular weight excluding hydrogens is 711 g/mol. The fourth-order valence-electron chi connectivity index (χ4n) is 15.5. The van der Waals surface area contributed by atoms with E-state index in [1.807, 2.05) is 0 Å². The van der Waals surface area contributed by atoms with E-state index in [1.54, 1.807) is 22.3 Å². The number of hydrogen-bond acceptors (Lipinski definition) is 2. The van der Waals surface area contributed by atoms with Gasteiger partial charge >= 0.3 is 0 Å². The zero-order valence-corrected chi connectivity index (χ0v) is 33.4. The summed E-state index contributed by atoms with van der Waals surface area (Å²) in [7, 11) is 0. The van der Waals surface area contributed by atoms with Crippen molar-refractivity contribution in [3.8, 4) is 22.3 Å². The molecule has 4 saturated carbocycles. The van der Waals surface area contributed by atoms with Crippen LogP contribution in [0.4, 0.5) is 34.1 Å². The minimum atomic E-state index is 0.102. The van der Waals surface area contributed by atoms with Gasteiger partial charge in [-0.15, -0.1) is 0 Å². The van der Waals surface area contributed by atoms with E-state index >= 15 is 0 Å². The van der Waals surface area contributed by atoms with E-state index in [-0.39, 0.29) is 17.5 Å². The number of para-hydroxylation sites is 2. The van der Waals surface area contributed by atoms with Crippen molar-refractivity contribution < 1.29 is 0 Å². The quantitative estimate of drug-likeness (QED) is 0.162. The predicted molar refractivity (Wildman–Crippen MR) is 244 cm³/mol. The molecule has 6 atom stereocenters. The average Bonchev–Trinajstić information content (AvgIpc) is 4.17. The second-order valence-electron chi connectivity index (χ2n) is 19.6. The van der Waals surface area contributed by atoms with Crippen LogP contribution in [0, 0.1) is 23.7 Å². The molecule has 15 rings (SSSR count). The van der Waals surface area contributed by atoms with Gasteiger partial charge in [0.25, 0.3) is 6.71 Å². The second-order valence-corrected chi connectivity index (χ2v) is 19.6. The Labute approximate surface area is 347 Å². The Morgan fingerprint density at radius 3 is 1.76 bits per heavy atom. The first kappa shape index (κ1) is 32.1. The summed E-state index contributed by atoms with van der Waals surface area (Å²) in [6.45, 7) is 0.110. The number of benzene rings is 7. The summed E-state index contributed by atoms with van der Waals surface area (Å²) in [4.78, 5) is 5.31. The van der Waals surface area contributed by atoms with Crippen LogP contribution in [0.3, 0.4) is 0 Å². The van der Waals surface area contributed by atoms with Crippen LogP contribution in [0.1, 0.15) is 73.6 Å². The molecule has 6 aliphatic carbocycles. The van der Waals surface area contributed by atoms with E-state index in [4.69, 9.17) is 0 Å². The van der Waals surface area contributed by atoms with Crippen molar-refractivity contribution in [3.63, 3.8) is 0 Å². The van der Waals surface area contributed by atoms with Crippen LogP contribution in [0.5, 0.6) is 0 Å². The highest BCUT2D eigenvalue weighted by molar-refractivity contribution is 7.00. The Hall–Kier alpha value is -5.80. The van der Waals surface area contributed by atoms with Crippen LogP contribution < -0.4 is 26.2 Å². The first-order chi connectivity index (χ1) is 29.2. The van der Waals surface area contributed by atoms with E-state index in [9.17, 15) is 0 Å². The largest absolute Gasteiger partial charge is 0.311 e. The van der Waals surface area contributed by atoms with Crippen LogP contribution in [0.25, 0.3) is 22.3 Å². The Morgan fingerprint density at radius 2 is 1.02 bits per heavy atom. The molecule has 2 nitrogen and oxygen atoms in total. The second kappa shape index (κ2) is 11.1. The van der Waals surface area contributed by atoms with Gasteiger partial charge in [-0.1, -0.05) is 122 Å². The fourth-order valence-corrected chi connectivity index (χ4v) is 15.5. The number of fused-ring (bicyclic) bond motifs is 20. The molecule has 0 aromatic heterocycles. The lowest BCUT2D eigenvalue weighted by atomic mass is 9.33. The third-order valence-electron chi connectivity index (χ3n) is 17.4. The summed E-state index contributed by atoms with van der Waals surface area (Å²) < 4.78 is 0. The monoisotopic (exact) mass is 756 g/mol. The van der Waals surface area contributed by atoms with Gasteiger partial charge in [-0.2, -0.15) is 0 Å². The van der Waals surface area contributed by atoms with Crippen molar-refractivity contribution in [2.75, 3.05) is 9.80 Å². The lowest BCUT2D eigenvalue weighted by molar-refractivity contribution is 0.327. The van der Waals surface area contributed by atoms with Gasteiger partial charge in [0.2, 0.25) is 0 Å². The summed E-state index contributed by atoms with van der Waals surface area (Å²) in [5.74, 6) is 3.11. The Bertz CT molecular complexity index is 2990. The molecule has 2 aliphatic heterocycles. The van der Waals surface area contributed by atoms with Crippen molar-refractivity contribution in [2.45, 2.75) is 62.2 Å². The lowest BCUT2D eigenvalue weighted by Crippen LogP contribution is -2.61. The minimum Gasteiger partial charge on any atom is -0.311 e. The number of rotatable bonds is 2. The van der Waals surface area contributed by atoms with Gasteiger partial charge in [-0.25, -0.2) is 0 Å². The molecule has 3 heteroatoms. The van der Waals surface area contributed by atoms with Gasteiger partial charge in [0.15, 0.2) is 0 Å². The van der Waals surface area contributed by atoms with Crippen LogP contribution in [-0.2, 0) is 10.8 Å². The maximum Gasteiger partial charge on any atom is 0.252 e. The highest BCUT2D eigenvalue weighted by Gasteiger charge is 2.59. The average molecular weight is 757 g/mol. The molecule has 4 fully saturated rings. The third-order valence-corrected chi connectivity index (χ3v) is 17.4. The van der Waals surface area contributed by atoms with Crippen LogP contribution in [-0.4, -0.2) is 6.71 Å². The van der Waals surface area contributed by atoms with E-state index < -0.39 is 0 Å². The summed E-state index contributed by atoms with van der Waals surface area (Å²) in [6.07, 6.45) is 10.8. The molecule has 0 radical (unpaired) electrons. The zero-order valence-electron chi connectivity index (χ0n) is 33.4. The van der Waals surface area contributed by atoms with Crippen molar-refractivity contribution in [1.82, 2.24) is 0 Å². The molecule has 2 spiro atoms. The zero-order chi connectivity index (χ0) is 38.2. The molecule has 0 saturated heterocycles. The Balaban J connectivity index is 1.06. The first-order valence-corrected chi connectivity index (χ1v) is 22.6. The molecule has 4 bridgehead atoms. The topological polar surface area (TPSA) is 6.48 Å². The molecule has 8 aliphatic rings. The smallest absolute Gasteiger partial charge is 0.252 e. The van der Waals surface area contributed by atoms with Gasteiger partial charge < -0.3 is 9.80 Å². The maximum atomic E-state index is 2.77. The number of nitrogens with zero attached hydrogens (tertiary/aromatic N) is 2. The van der Waals surface area contributed by atoms with Gasteiger partial charge in [0, 0.05) is 44.8 Å². The van der Waals surface area contributed by atoms with Crippen LogP contribution in [0.2, 0.25) is 0 Å². The van der Waals surface area contributed by atoms with E-state index in [0.29, 0.717) is 5.92 Å². The van der Waals surface area contributed by atoms with Crippen LogP contribution >= 0.6 is 0 Å². The molecule has 0 unspecified atom stereocenters. The highest BCUT2D eigenvalue weighted by atomic mass is 15.2. The van der Waals surface area contributed by atoms with Crippen molar-refractivity contribution in [1.29, 1.82) is 0 Å². The summed E-state index contributed by atoms with van der Waals surface area (Å²) in [5.41, 5.74) is 24.6. The van der Waals surface area contributed by atoms with E-state index in [2.05, 4.69) is 161 Å². The van der Waals surface area contributed by atoms with Crippen molar-refractivity contribution in [3.05, 3.63) is 174 Å². The van der Waals surface area contributed by atoms with E-state index in [0.717, 1.165) is 17.8 Å². The lowest BCUT2D eigenvalue weighted by Gasteiger charge is -2.45. The van der Waals surface area contributed by atoms with Gasteiger partial charge in [-0.3, -0.25) is 0 Å². The summed E-state index contributed by atoms with van der Waals surface area (Å²) >= 11 is 0. The first-order valence-electron chi connectivity index (χ1n) is 22.6. The Morgan fingerprint density at radius 1 is 0.424 bits per heavy atom. The standard InChI is InChI=1S/C56H45BN2/c1-2-12-38(13-3-1)58-48-20-9-8-19-46(48)57-47-30-41-39-14-4-6-16-42(39)56(33-35-25-27-37(56)29-35)45(41)31-52(47)59(51-23-11-22-50(58)54(51)57)49-21-10-18-44-53(49)40-15-5-7-17-43(40)55(44)32-34-24-26-36(55)28-34/h1-23,30-31,34-37H,24-29,32-33H2/t34-,35-,36+,37+,55+,56+/m1/s1. The van der Waals surface area contributed by atoms with E-state index in [1.165, 1.54) is 124 Å². The third kappa shape index (κ3) is 3.75. The molecular formula is C56H45BN2. The highest BCUT2D eigenvalue weighted by Crippen LogP contribution is 2.69. The molecule has 59 heavy (non-hydrogen) atoms. The summed E-state index contributed by atoms with van der Waals surface area (Å²) in [6, 6.07) is 59.5. The summed E-state index contributed by atoms with van der Waals surface area (Å²) in [5, 5.41) is 0. The predicted octanol–water partition coefficient (Wildman–Crippen LogP) is 11.9. The maximum absolute atomic E-state index is 2.77. The van der Waals surface area contributed by atoms with Gasteiger partial charge in [0.05, 0.1) is 5.69 Å². The SMILES string of the molecule is c1ccc(N2c3ccccc3B3c4cc5c(cc4N(c4cccc6c4-c4ccccc4[C@@]64C[C@@H]6CC[C@H]4C6)c4cccc2c43)[C@]2(C[C@@H]3CC[C@H]2C3)c2ccccc2-5)cc1. The van der Waals surface area contributed by atoms with Crippen molar-refractivity contribution >= 4 is 57.2 Å². The number of anilines is 6. The number of hydrogen-bond donors (Lipinski definition) is 0. The van der Waals surface area contributed by atoms with Gasteiger partial charge in [0.1, 0.15) is 0 Å². The normalized spacial score (nSPS) is 27.5. The molecule has 282 valence electrons. The molecule has 7 aromatic rings. The Kier molecular flexibility index (Phi) is 6.02. The molecule has 0 N–H and O–H groups in total.